The molecule has 3 aliphatic rings. The second-order valence-corrected chi connectivity index (χ2v) is 6.35. The van der Waals surface area contributed by atoms with Gasteiger partial charge in [-0.05, 0) is 48.3 Å². The van der Waals surface area contributed by atoms with Crippen LogP contribution in [0.1, 0.15) is 30.9 Å². The van der Waals surface area contributed by atoms with Gasteiger partial charge in [-0.15, -0.1) is 0 Å². The van der Waals surface area contributed by atoms with Gasteiger partial charge >= 0.3 is 5.97 Å². The largest absolute Gasteiger partial charge is 0.465 e. The van der Waals surface area contributed by atoms with Crippen molar-refractivity contribution in [2.75, 3.05) is 13.4 Å². The molecular weight excluding hydrogens is 304 g/mol. The molecule has 0 N–H and O–H groups in total. The van der Waals surface area contributed by atoms with Crippen molar-refractivity contribution in [2.24, 2.45) is 11.8 Å². The maximum Gasteiger partial charge on any atom is 0.310 e. The van der Waals surface area contributed by atoms with Crippen molar-refractivity contribution in [3.8, 4) is 11.5 Å². The molecule has 2 heterocycles. The third kappa shape index (κ3) is 2.02. The van der Waals surface area contributed by atoms with Crippen LogP contribution in [0.2, 0.25) is 0 Å². The first kappa shape index (κ1) is 15.1. The molecule has 1 aromatic rings. The van der Waals surface area contributed by atoms with Crippen molar-refractivity contribution in [2.45, 2.75) is 19.8 Å². The summed E-state index contributed by atoms with van der Waals surface area (Å²) in [5.41, 5.74) is 4.17. The highest BCUT2D eigenvalue weighted by molar-refractivity contribution is 5.87. The fraction of sp³-hybridized carbons (Fsp3) is 0.350. The number of cyclic esters (lactones) is 1. The molecule has 0 aromatic heterocycles. The Bertz CT molecular complexity index is 787. The third-order valence-corrected chi connectivity index (χ3v) is 5.19. The van der Waals surface area contributed by atoms with E-state index in [9.17, 15) is 4.79 Å². The van der Waals surface area contributed by atoms with Crippen molar-refractivity contribution in [3.05, 3.63) is 53.6 Å². The van der Waals surface area contributed by atoms with Gasteiger partial charge in [0.2, 0.25) is 6.79 Å². The summed E-state index contributed by atoms with van der Waals surface area (Å²) >= 11 is 0. The molecule has 124 valence electrons. The SMILES string of the molecule is C=C1c2cc3c(cc2[C@@H](C(/C=C\C)=C/C)[C@@H]2C(=O)OC[C@H]12)OCO3. The first-order valence-corrected chi connectivity index (χ1v) is 8.24. The summed E-state index contributed by atoms with van der Waals surface area (Å²) in [6.07, 6.45) is 6.13. The van der Waals surface area contributed by atoms with E-state index in [0.717, 1.165) is 33.8 Å². The van der Waals surface area contributed by atoms with Crippen LogP contribution in [0.5, 0.6) is 11.5 Å². The molecule has 0 saturated carbocycles. The number of allylic oxidation sites excluding steroid dienone is 4. The molecule has 0 bridgehead atoms. The molecule has 0 amide bonds. The minimum absolute atomic E-state index is 0.00979. The number of carbonyl (C=O) groups is 1. The lowest BCUT2D eigenvalue weighted by Gasteiger charge is -2.35. The average molecular weight is 324 g/mol. The van der Waals surface area contributed by atoms with Gasteiger partial charge in [0.05, 0.1) is 12.5 Å². The number of fused-ring (bicyclic) bond motifs is 3. The Hall–Kier alpha value is -2.49. The van der Waals surface area contributed by atoms with Gasteiger partial charge in [0.1, 0.15) is 0 Å². The lowest BCUT2D eigenvalue weighted by atomic mass is 9.65. The van der Waals surface area contributed by atoms with E-state index in [2.05, 4.69) is 18.7 Å². The van der Waals surface area contributed by atoms with Crippen LogP contribution in [0, 0.1) is 11.8 Å². The van der Waals surface area contributed by atoms with Crippen LogP contribution in [0.3, 0.4) is 0 Å². The van der Waals surface area contributed by atoms with E-state index in [1.165, 1.54) is 0 Å². The molecule has 0 radical (unpaired) electrons. The Morgan fingerprint density at radius 2 is 1.96 bits per heavy atom. The lowest BCUT2D eigenvalue weighted by molar-refractivity contribution is -0.141. The van der Waals surface area contributed by atoms with E-state index in [0.29, 0.717) is 6.61 Å². The summed E-state index contributed by atoms with van der Waals surface area (Å²) in [4.78, 5) is 12.5. The molecule has 4 heteroatoms. The normalized spacial score (nSPS) is 28.1. The Labute approximate surface area is 141 Å². The fourth-order valence-corrected chi connectivity index (χ4v) is 4.07. The van der Waals surface area contributed by atoms with Crippen LogP contribution >= 0.6 is 0 Å². The van der Waals surface area contributed by atoms with Gasteiger partial charge in [-0.2, -0.15) is 0 Å². The van der Waals surface area contributed by atoms with Crippen molar-refractivity contribution in [1.29, 1.82) is 0 Å². The van der Waals surface area contributed by atoms with E-state index < -0.39 is 0 Å². The zero-order chi connectivity index (χ0) is 16.8. The molecule has 24 heavy (non-hydrogen) atoms. The summed E-state index contributed by atoms with van der Waals surface area (Å²) in [7, 11) is 0. The Balaban J connectivity index is 1.94. The number of esters is 1. The van der Waals surface area contributed by atoms with Gasteiger partial charge < -0.3 is 14.2 Å². The highest BCUT2D eigenvalue weighted by Crippen LogP contribution is 2.54. The predicted octanol–water partition coefficient (Wildman–Crippen LogP) is 3.84. The van der Waals surface area contributed by atoms with Gasteiger partial charge in [-0.25, -0.2) is 0 Å². The predicted molar refractivity (Wildman–Crippen MR) is 90.9 cm³/mol. The smallest absolute Gasteiger partial charge is 0.310 e. The number of ether oxygens (including phenoxy) is 3. The monoisotopic (exact) mass is 324 g/mol. The van der Waals surface area contributed by atoms with Crippen molar-refractivity contribution in [3.63, 3.8) is 0 Å². The van der Waals surface area contributed by atoms with Gasteiger partial charge in [-0.1, -0.05) is 24.8 Å². The standard InChI is InChI=1S/C20H20O4/c1-4-6-12(5-2)18-14-8-17-16(23-10-24-17)7-13(14)11(3)15-9-22-20(21)19(15)18/h4-8,15,18-19H,3,9-10H2,1-2H3/b6-4-,12-5+/t15-,18-,19-/m1/s1. The zero-order valence-corrected chi connectivity index (χ0v) is 13.9. The minimum Gasteiger partial charge on any atom is -0.465 e. The second-order valence-electron chi connectivity index (χ2n) is 6.35. The van der Waals surface area contributed by atoms with Crippen LogP contribution < -0.4 is 9.47 Å². The first-order valence-electron chi connectivity index (χ1n) is 8.24. The number of benzene rings is 1. The van der Waals surface area contributed by atoms with Gasteiger partial charge in [0.15, 0.2) is 11.5 Å². The maximum atomic E-state index is 12.5. The molecule has 4 nitrogen and oxygen atoms in total. The second kappa shape index (κ2) is 5.55. The molecule has 1 fully saturated rings. The molecule has 4 rings (SSSR count). The first-order chi connectivity index (χ1) is 11.7. The average Bonchev–Trinajstić information content (AvgIpc) is 3.19. The van der Waals surface area contributed by atoms with Gasteiger partial charge in [-0.3, -0.25) is 4.79 Å². The number of hydrogen-bond donors (Lipinski definition) is 0. The number of rotatable bonds is 2. The van der Waals surface area contributed by atoms with Crippen LogP contribution in [0.25, 0.3) is 5.57 Å². The number of hydrogen-bond acceptors (Lipinski definition) is 4. The van der Waals surface area contributed by atoms with E-state index in [1.807, 2.05) is 32.1 Å². The van der Waals surface area contributed by atoms with E-state index >= 15 is 0 Å². The van der Waals surface area contributed by atoms with Crippen LogP contribution in [-0.2, 0) is 9.53 Å². The Morgan fingerprint density at radius 3 is 2.67 bits per heavy atom. The van der Waals surface area contributed by atoms with Crippen LogP contribution in [0.15, 0.2) is 42.5 Å². The zero-order valence-electron chi connectivity index (χ0n) is 13.9. The minimum atomic E-state index is -0.229. The summed E-state index contributed by atoms with van der Waals surface area (Å²) in [5, 5.41) is 0. The Morgan fingerprint density at radius 1 is 1.21 bits per heavy atom. The van der Waals surface area contributed by atoms with E-state index in [4.69, 9.17) is 14.2 Å². The summed E-state index contributed by atoms with van der Waals surface area (Å²) in [6.45, 7) is 8.87. The Kier molecular flexibility index (Phi) is 3.48. The molecule has 0 spiro atoms. The molecule has 2 aliphatic heterocycles. The topological polar surface area (TPSA) is 44.8 Å². The quantitative estimate of drug-likeness (QED) is 0.612. The van der Waals surface area contributed by atoms with Crippen molar-refractivity contribution >= 4 is 11.5 Å². The highest BCUT2D eigenvalue weighted by atomic mass is 16.7. The molecule has 1 saturated heterocycles. The highest BCUT2D eigenvalue weighted by Gasteiger charge is 2.49. The van der Waals surface area contributed by atoms with Crippen LogP contribution in [0.4, 0.5) is 0 Å². The fourth-order valence-electron chi connectivity index (χ4n) is 4.07. The van der Waals surface area contributed by atoms with E-state index in [-0.39, 0.29) is 30.5 Å². The molecule has 0 unspecified atom stereocenters. The molecular formula is C20H20O4. The third-order valence-electron chi connectivity index (χ3n) is 5.19. The van der Waals surface area contributed by atoms with Crippen molar-refractivity contribution in [1.82, 2.24) is 0 Å². The van der Waals surface area contributed by atoms with Gasteiger partial charge in [0.25, 0.3) is 0 Å². The molecule has 1 aliphatic carbocycles. The molecule has 3 atom stereocenters. The van der Waals surface area contributed by atoms with E-state index in [1.54, 1.807) is 0 Å². The maximum absolute atomic E-state index is 12.5. The lowest BCUT2D eigenvalue weighted by Crippen LogP contribution is -2.30. The summed E-state index contributed by atoms with van der Waals surface area (Å²) < 4.78 is 16.5. The van der Waals surface area contributed by atoms with Gasteiger partial charge in [0, 0.05) is 11.8 Å². The van der Waals surface area contributed by atoms with Crippen LogP contribution in [-0.4, -0.2) is 19.4 Å². The van der Waals surface area contributed by atoms with Crippen molar-refractivity contribution < 1.29 is 19.0 Å². The number of carbonyl (C=O) groups excluding carboxylic acids is 1. The molecule has 1 aromatic carbocycles. The summed E-state index contributed by atoms with van der Waals surface area (Å²) in [6, 6.07) is 4.00. The summed E-state index contributed by atoms with van der Waals surface area (Å²) in [5.74, 6) is 1.06.